The molecule has 0 aromatic carbocycles. The molecule has 0 saturated carbocycles. The van der Waals surface area contributed by atoms with Crippen molar-refractivity contribution in [2.75, 3.05) is 26.4 Å². The van der Waals surface area contributed by atoms with Crippen LogP contribution in [0.5, 0.6) is 0 Å². The summed E-state index contributed by atoms with van der Waals surface area (Å²) in [5.41, 5.74) is -0.372. The van der Waals surface area contributed by atoms with Gasteiger partial charge >= 0.3 is 6.18 Å². The van der Waals surface area contributed by atoms with Crippen LogP contribution < -0.4 is 5.32 Å². The van der Waals surface area contributed by atoms with Crippen LogP contribution >= 0.6 is 0 Å². The highest BCUT2D eigenvalue weighted by Gasteiger charge is 2.26. The highest BCUT2D eigenvalue weighted by atomic mass is 19.4. The van der Waals surface area contributed by atoms with Gasteiger partial charge in [0.15, 0.2) is 0 Å². The summed E-state index contributed by atoms with van der Waals surface area (Å²) in [6.07, 6.45) is -2.78. The molecule has 18 heavy (non-hydrogen) atoms. The number of hydrogen-bond donors (Lipinski definition) is 2. The first-order valence-corrected chi connectivity index (χ1v) is 6.33. The summed E-state index contributed by atoms with van der Waals surface area (Å²) in [5, 5.41) is 12.5. The first-order chi connectivity index (χ1) is 8.33. The summed E-state index contributed by atoms with van der Waals surface area (Å²) in [5.74, 6) is 0. The molecule has 0 amide bonds. The molecular weight excluding hydrogens is 247 g/mol. The Morgan fingerprint density at radius 1 is 1.17 bits per heavy atom. The van der Waals surface area contributed by atoms with Gasteiger partial charge in [-0.3, -0.25) is 0 Å². The van der Waals surface area contributed by atoms with Crippen LogP contribution in [0.4, 0.5) is 13.2 Å². The zero-order chi connectivity index (χ0) is 14.1. The molecule has 0 aliphatic rings. The quantitative estimate of drug-likeness (QED) is 0.600. The summed E-state index contributed by atoms with van der Waals surface area (Å²) < 4.78 is 40.4. The van der Waals surface area contributed by atoms with E-state index in [1.165, 1.54) is 0 Å². The van der Waals surface area contributed by atoms with Gasteiger partial charge < -0.3 is 15.2 Å². The molecule has 0 aliphatic carbocycles. The second-order valence-corrected chi connectivity index (χ2v) is 4.73. The SMILES string of the molecule is CCCNC(C)(CO)CCCOCCC(F)(F)F. The van der Waals surface area contributed by atoms with Crippen LogP contribution in [0.15, 0.2) is 0 Å². The lowest BCUT2D eigenvalue weighted by atomic mass is 9.97. The van der Waals surface area contributed by atoms with Gasteiger partial charge in [0.1, 0.15) is 0 Å². The molecule has 2 N–H and O–H groups in total. The van der Waals surface area contributed by atoms with E-state index in [9.17, 15) is 18.3 Å². The Bertz CT molecular complexity index is 212. The van der Waals surface area contributed by atoms with E-state index in [0.29, 0.717) is 19.4 Å². The molecule has 0 aliphatic heterocycles. The van der Waals surface area contributed by atoms with Crippen molar-refractivity contribution in [1.29, 1.82) is 0 Å². The van der Waals surface area contributed by atoms with Gasteiger partial charge in [0.05, 0.1) is 19.6 Å². The summed E-state index contributed by atoms with van der Waals surface area (Å²) in [6, 6.07) is 0. The van der Waals surface area contributed by atoms with Gasteiger partial charge in [0.25, 0.3) is 0 Å². The monoisotopic (exact) mass is 271 g/mol. The van der Waals surface area contributed by atoms with Gasteiger partial charge in [-0.1, -0.05) is 6.92 Å². The van der Waals surface area contributed by atoms with E-state index in [4.69, 9.17) is 4.74 Å². The molecule has 0 radical (unpaired) electrons. The van der Waals surface area contributed by atoms with E-state index in [1.54, 1.807) is 0 Å². The van der Waals surface area contributed by atoms with Crippen molar-refractivity contribution in [1.82, 2.24) is 5.32 Å². The van der Waals surface area contributed by atoms with Crippen LogP contribution in [0.3, 0.4) is 0 Å². The number of alkyl halides is 3. The number of hydrogen-bond acceptors (Lipinski definition) is 3. The van der Waals surface area contributed by atoms with Crippen molar-refractivity contribution in [3.05, 3.63) is 0 Å². The third kappa shape index (κ3) is 9.67. The molecule has 0 aromatic heterocycles. The number of nitrogens with one attached hydrogen (secondary N) is 1. The Balaban J connectivity index is 3.62. The minimum Gasteiger partial charge on any atom is -0.394 e. The largest absolute Gasteiger partial charge is 0.394 e. The van der Waals surface area contributed by atoms with Crippen molar-refractivity contribution in [2.24, 2.45) is 0 Å². The van der Waals surface area contributed by atoms with Crippen molar-refractivity contribution >= 4 is 0 Å². The molecule has 3 nitrogen and oxygen atoms in total. The standard InChI is InChI=1S/C12H24F3NO2/c1-3-7-16-11(2,10-17)5-4-8-18-9-6-12(13,14)15/h16-17H,3-10H2,1-2H3. The number of halogens is 3. The van der Waals surface area contributed by atoms with Crippen molar-refractivity contribution in [3.8, 4) is 0 Å². The van der Waals surface area contributed by atoms with E-state index in [2.05, 4.69) is 5.32 Å². The Kier molecular flexibility index (Phi) is 8.56. The van der Waals surface area contributed by atoms with E-state index >= 15 is 0 Å². The highest BCUT2D eigenvalue weighted by molar-refractivity contribution is 4.81. The fourth-order valence-corrected chi connectivity index (χ4v) is 1.50. The summed E-state index contributed by atoms with van der Waals surface area (Å²) in [4.78, 5) is 0. The van der Waals surface area contributed by atoms with E-state index in [1.807, 2.05) is 13.8 Å². The molecular formula is C12H24F3NO2. The molecule has 0 fully saturated rings. The fraction of sp³-hybridized carbons (Fsp3) is 1.00. The normalized spacial score (nSPS) is 15.7. The maximum absolute atomic E-state index is 11.8. The third-order valence-electron chi connectivity index (χ3n) is 2.70. The molecule has 110 valence electrons. The van der Waals surface area contributed by atoms with Gasteiger partial charge in [0, 0.05) is 12.1 Å². The molecule has 0 bridgehead atoms. The second kappa shape index (κ2) is 8.72. The first kappa shape index (κ1) is 17.7. The van der Waals surface area contributed by atoms with E-state index in [-0.39, 0.29) is 18.8 Å². The van der Waals surface area contributed by atoms with Gasteiger partial charge in [0.2, 0.25) is 0 Å². The summed E-state index contributed by atoms with van der Waals surface area (Å²) >= 11 is 0. The van der Waals surface area contributed by atoms with Crippen LogP contribution in [0.25, 0.3) is 0 Å². The number of aliphatic hydroxyl groups excluding tert-OH is 1. The Morgan fingerprint density at radius 3 is 2.33 bits per heavy atom. The van der Waals surface area contributed by atoms with E-state index < -0.39 is 12.6 Å². The Labute approximate surface area is 107 Å². The highest BCUT2D eigenvalue weighted by Crippen LogP contribution is 2.19. The Morgan fingerprint density at radius 2 is 1.83 bits per heavy atom. The zero-order valence-electron chi connectivity index (χ0n) is 11.1. The molecule has 0 rings (SSSR count). The summed E-state index contributed by atoms with van der Waals surface area (Å²) in [6.45, 7) is 4.76. The van der Waals surface area contributed by atoms with Crippen LogP contribution in [0.1, 0.15) is 39.5 Å². The van der Waals surface area contributed by atoms with Gasteiger partial charge in [-0.2, -0.15) is 13.2 Å². The smallest absolute Gasteiger partial charge is 0.391 e. The van der Waals surface area contributed by atoms with Crippen LogP contribution in [0.2, 0.25) is 0 Å². The number of aliphatic hydroxyl groups is 1. The third-order valence-corrected chi connectivity index (χ3v) is 2.70. The predicted octanol–water partition coefficient (Wildman–Crippen LogP) is 2.49. The molecule has 1 atom stereocenters. The maximum atomic E-state index is 11.8. The molecule has 0 aromatic rings. The Hall–Kier alpha value is -0.330. The maximum Gasteiger partial charge on any atom is 0.391 e. The molecule has 0 heterocycles. The van der Waals surface area contributed by atoms with Crippen LogP contribution in [-0.2, 0) is 4.74 Å². The first-order valence-electron chi connectivity index (χ1n) is 6.33. The average molecular weight is 271 g/mol. The second-order valence-electron chi connectivity index (χ2n) is 4.73. The predicted molar refractivity (Wildman–Crippen MR) is 64.5 cm³/mol. The zero-order valence-corrected chi connectivity index (χ0v) is 11.1. The van der Waals surface area contributed by atoms with Gasteiger partial charge in [-0.15, -0.1) is 0 Å². The molecule has 0 saturated heterocycles. The lowest BCUT2D eigenvalue weighted by Crippen LogP contribution is -2.46. The average Bonchev–Trinajstić information content (AvgIpc) is 2.30. The van der Waals surface area contributed by atoms with Gasteiger partial charge in [-0.25, -0.2) is 0 Å². The van der Waals surface area contributed by atoms with Gasteiger partial charge in [-0.05, 0) is 32.7 Å². The van der Waals surface area contributed by atoms with Crippen LogP contribution in [-0.4, -0.2) is 43.2 Å². The topological polar surface area (TPSA) is 41.5 Å². The van der Waals surface area contributed by atoms with Crippen molar-refractivity contribution < 1.29 is 23.0 Å². The van der Waals surface area contributed by atoms with E-state index in [0.717, 1.165) is 13.0 Å². The lowest BCUT2D eigenvalue weighted by Gasteiger charge is -2.28. The molecule has 0 spiro atoms. The summed E-state index contributed by atoms with van der Waals surface area (Å²) in [7, 11) is 0. The number of ether oxygens (including phenoxy) is 1. The minimum atomic E-state index is -4.15. The molecule has 6 heteroatoms. The molecule has 1 unspecified atom stereocenters. The van der Waals surface area contributed by atoms with Crippen LogP contribution in [0, 0.1) is 0 Å². The fourth-order valence-electron chi connectivity index (χ4n) is 1.50. The number of rotatable bonds is 10. The minimum absolute atomic E-state index is 0.00948. The lowest BCUT2D eigenvalue weighted by molar-refractivity contribution is -0.145. The van der Waals surface area contributed by atoms with Crippen molar-refractivity contribution in [2.45, 2.75) is 51.2 Å². The van der Waals surface area contributed by atoms with Crippen molar-refractivity contribution in [3.63, 3.8) is 0 Å².